The monoisotopic (exact) mass is 404 g/mol. The van der Waals surface area contributed by atoms with Crippen molar-refractivity contribution in [3.05, 3.63) is 41.7 Å². The maximum atomic E-state index is 12.2. The van der Waals surface area contributed by atoms with Crippen molar-refractivity contribution in [1.29, 1.82) is 0 Å². The van der Waals surface area contributed by atoms with Crippen molar-refractivity contribution in [1.82, 2.24) is 20.0 Å². The average Bonchev–Trinajstić information content (AvgIpc) is 3.02. The number of hydrogen-bond acceptors (Lipinski definition) is 4. The van der Waals surface area contributed by atoms with Gasteiger partial charge in [-0.3, -0.25) is 0 Å². The van der Waals surface area contributed by atoms with Crippen LogP contribution in [-0.2, 0) is 9.84 Å². The van der Waals surface area contributed by atoms with Crippen LogP contribution in [0.4, 0.5) is 4.79 Å². The Balaban J connectivity index is 1.77. The molecule has 28 heavy (non-hydrogen) atoms. The molecule has 0 radical (unpaired) electrons. The zero-order chi connectivity index (χ0) is 20.5. The summed E-state index contributed by atoms with van der Waals surface area (Å²) in [6, 6.07) is 9.02. The average molecular weight is 405 g/mol. The molecule has 2 aromatic rings. The molecule has 7 nitrogen and oxygen atoms in total. The number of rotatable bonds is 4. The molecule has 0 atom stereocenters. The minimum absolute atomic E-state index is 0.00509. The molecule has 1 aliphatic rings. The number of carbonyl (C=O) groups excluding carboxylic acids is 1. The van der Waals surface area contributed by atoms with Gasteiger partial charge in [0.2, 0.25) is 0 Å². The highest BCUT2D eigenvalue weighted by atomic mass is 32.2. The molecule has 8 heteroatoms. The highest BCUT2D eigenvalue weighted by Crippen LogP contribution is 2.30. The third kappa shape index (κ3) is 4.55. The first-order valence-electron chi connectivity index (χ1n) is 9.57. The van der Waals surface area contributed by atoms with Gasteiger partial charge in [-0.25, -0.2) is 17.9 Å². The third-order valence-electron chi connectivity index (χ3n) is 4.98. The molecular weight excluding hydrogens is 376 g/mol. The van der Waals surface area contributed by atoms with Gasteiger partial charge in [-0.1, -0.05) is 0 Å². The van der Waals surface area contributed by atoms with Crippen LogP contribution < -0.4 is 5.32 Å². The molecule has 0 saturated carbocycles. The van der Waals surface area contributed by atoms with Gasteiger partial charge in [0.25, 0.3) is 0 Å². The second-order valence-electron chi connectivity index (χ2n) is 7.75. The molecule has 0 spiro atoms. The molecule has 1 aromatic heterocycles. The molecule has 0 bridgehead atoms. The predicted molar refractivity (Wildman–Crippen MR) is 109 cm³/mol. The van der Waals surface area contributed by atoms with E-state index < -0.39 is 9.84 Å². The number of aromatic nitrogens is 2. The molecule has 2 heterocycles. The molecule has 1 saturated heterocycles. The zero-order valence-corrected chi connectivity index (χ0v) is 17.7. The van der Waals surface area contributed by atoms with Crippen LogP contribution in [0.25, 0.3) is 5.69 Å². The first kappa shape index (κ1) is 20.4. The Morgan fingerprint density at radius 3 is 2.32 bits per heavy atom. The van der Waals surface area contributed by atoms with Gasteiger partial charge >= 0.3 is 6.03 Å². The summed E-state index contributed by atoms with van der Waals surface area (Å²) in [5.41, 5.74) is 2.87. The number of amides is 2. The lowest BCUT2D eigenvalue weighted by atomic mass is 9.93. The maximum absolute atomic E-state index is 12.2. The van der Waals surface area contributed by atoms with Crippen molar-refractivity contribution < 1.29 is 13.2 Å². The lowest BCUT2D eigenvalue weighted by Gasteiger charge is -2.32. The molecule has 152 valence electrons. The van der Waals surface area contributed by atoms with E-state index in [4.69, 9.17) is 0 Å². The number of piperidine rings is 1. The van der Waals surface area contributed by atoms with Crippen LogP contribution in [0.3, 0.4) is 0 Å². The second kappa shape index (κ2) is 7.95. The van der Waals surface area contributed by atoms with E-state index in [-0.39, 0.29) is 12.1 Å². The van der Waals surface area contributed by atoms with Gasteiger partial charge in [0.15, 0.2) is 9.84 Å². The number of benzene rings is 1. The van der Waals surface area contributed by atoms with Crippen LogP contribution in [0, 0.1) is 6.92 Å². The molecule has 1 aliphatic heterocycles. The Kier molecular flexibility index (Phi) is 5.79. The van der Waals surface area contributed by atoms with Crippen LogP contribution in [0.5, 0.6) is 0 Å². The van der Waals surface area contributed by atoms with Crippen LogP contribution in [0.1, 0.15) is 44.0 Å². The van der Waals surface area contributed by atoms with Crippen molar-refractivity contribution in [2.75, 3.05) is 19.3 Å². The molecule has 1 N–H and O–H groups in total. The largest absolute Gasteiger partial charge is 0.336 e. The lowest BCUT2D eigenvalue weighted by Crippen LogP contribution is -2.46. The lowest BCUT2D eigenvalue weighted by molar-refractivity contribution is 0.178. The topological polar surface area (TPSA) is 84.3 Å². The molecule has 0 unspecified atom stereocenters. The van der Waals surface area contributed by atoms with Crippen LogP contribution in [-0.4, -0.2) is 54.5 Å². The number of nitrogens with one attached hydrogen (secondary N) is 1. The van der Waals surface area contributed by atoms with Gasteiger partial charge in [0, 0.05) is 37.0 Å². The number of carbonyl (C=O) groups is 1. The summed E-state index contributed by atoms with van der Waals surface area (Å²) < 4.78 is 25.3. The van der Waals surface area contributed by atoms with E-state index in [0.717, 1.165) is 29.9 Å². The van der Waals surface area contributed by atoms with E-state index in [9.17, 15) is 13.2 Å². The second-order valence-corrected chi connectivity index (χ2v) is 9.77. The minimum atomic E-state index is -3.22. The molecule has 1 aromatic carbocycles. The summed E-state index contributed by atoms with van der Waals surface area (Å²) in [4.78, 5) is 14.4. The van der Waals surface area contributed by atoms with E-state index in [1.807, 2.05) is 30.4 Å². The first-order chi connectivity index (χ1) is 13.1. The summed E-state index contributed by atoms with van der Waals surface area (Å²) in [6.07, 6.45) is 2.95. The van der Waals surface area contributed by atoms with Crippen molar-refractivity contribution >= 4 is 15.9 Å². The van der Waals surface area contributed by atoms with E-state index in [0.29, 0.717) is 23.9 Å². The number of likely N-dealkylation sites (tertiary alicyclic amines) is 1. The minimum Gasteiger partial charge on any atom is -0.336 e. The Hall–Kier alpha value is -2.35. The standard InChI is InChI=1S/C20H28N4O3S/c1-14(2)21-20(25)23-11-9-16(10-12-23)19-13-15(3)22-24(19)17-5-7-18(8-6-17)28(4,26)27/h5-8,13-14,16H,9-12H2,1-4H3,(H,21,25). The smallest absolute Gasteiger partial charge is 0.317 e. The SMILES string of the molecule is Cc1cc(C2CCN(C(=O)NC(C)C)CC2)n(-c2ccc(S(C)(=O)=O)cc2)n1. The fraction of sp³-hybridized carbons (Fsp3) is 0.500. The fourth-order valence-corrected chi connectivity index (χ4v) is 4.20. The van der Waals surface area contributed by atoms with Crippen LogP contribution >= 0.6 is 0 Å². The van der Waals surface area contributed by atoms with E-state index >= 15 is 0 Å². The van der Waals surface area contributed by atoms with Crippen LogP contribution in [0.2, 0.25) is 0 Å². The number of nitrogens with zero attached hydrogens (tertiary/aromatic N) is 3. The Bertz CT molecular complexity index is 940. The van der Waals surface area contributed by atoms with Gasteiger partial charge in [-0.2, -0.15) is 5.10 Å². The summed E-state index contributed by atoms with van der Waals surface area (Å²) in [5.74, 6) is 0.305. The van der Waals surface area contributed by atoms with Gasteiger partial charge in [0.05, 0.1) is 16.3 Å². The number of sulfone groups is 1. The van der Waals surface area contributed by atoms with E-state index in [1.54, 1.807) is 24.3 Å². The van der Waals surface area contributed by atoms with Crippen LogP contribution in [0.15, 0.2) is 35.2 Å². The van der Waals surface area contributed by atoms with Gasteiger partial charge in [-0.15, -0.1) is 0 Å². The van der Waals surface area contributed by atoms with Gasteiger partial charge in [0.1, 0.15) is 0 Å². The van der Waals surface area contributed by atoms with Crippen molar-refractivity contribution in [2.24, 2.45) is 0 Å². The zero-order valence-electron chi connectivity index (χ0n) is 16.8. The summed E-state index contributed by atoms with van der Waals surface area (Å²) in [7, 11) is -3.22. The van der Waals surface area contributed by atoms with E-state index in [2.05, 4.69) is 16.5 Å². The number of urea groups is 1. The summed E-state index contributed by atoms with van der Waals surface area (Å²) >= 11 is 0. The molecular formula is C20H28N4O3S. The normalized spacial score (nSPS) is 15.8. The third-order valence-corrected chi connectivity index (χ3v) is 6.11. The highest BCUT2D eigenvalue weighted by Gasteiger charge is 2.27. The van der Waals surface area contributed by atoms with Crippen molar-refractivity contribution in [3.63, 3.8) is 0 Å². The molecule has 2 amide bonds. The van der Waals surface area contributed by atoms with Crippen molar-refractivity contribution in [3.8, 4) is 5.69 Å². The fourth-order valence-electron chi connectivity index (χ4n) is 3.57. The van der Waals surface area contributed by atoms with Gasteiger partial charge < -0.3 is 10.2 Å². The molecule has 1 fully saturated rings. The summed E-state index contributed by atoms with van der Waals surface area (Å²) in [6.45, 7) is 7.29. The Morgan fingerprint density at radius 1 is 1.18 bits per heavy atom. The Labute approximate surface area is 166 Å². The van der Waals surface area contributed by atoms with Crippen molar-refractivity contribution in [2.45, 2.75) is 50.5 Å². The molecule has 0 aliphatic carbocycles. The number of hydrogen-bond donors (Lipinski definition) is 1. The first-order valence-corrected chi connectivity index (χ1v) is 11.5. The highest BCUT2D eigenvalue weighted by molar-refractivity contribution is 7.90. The van der Waals surface area contributed by atoms with Gasteiger partial charge in [-0.05, 0) is 63.9 Å². The quantitative estimate of drug-likeness (QED) is 0.849. The summed E-state index contributed by atoms with van der Waals surface area (Å²) in [5, 5.41) is 7.56. The number of aryl methyl sites for hydroxylation is 1. The maximum Gasteiger partial charge on any atom is 0.317 e. The predicted octanol–water partition coefficient (Wildman–Crippen LogP) is 2.88. The Morgan fingerprint density at radius 2 is 1.79 bits per heavy atom. The van der Waals surface area contributed by atoms with E-state index in [1.165, 1.54) is 6.26 Å². The molecule has 3 rings (SSSR count).